The Balaban J connectivity index is 1.64. The van der Waals surface area contributed by atoms with Crippen LogP contribution >= 0.6 is 0 Å². The van der Waals surface area contributed by atoms with Gasteiger partial charge in [0.25, 0.3) is 0 Å². The zero-order chi connectivity index (χ0) is 31.0. The summed E-state index contributed by atoms with van der Waals surface area (Å²) in [5.74, 6) is 0.0883. The Kier molecular flexibility index (Phi) is 10.9. The van der Waals surface area contributed by atoms with Crippen LogP contribution in [0, 0.1) is 0 Å². The molecule has 0 aliphatic carbocycles. The second-order valence-corrected chi connectivity index (χ2v) is 12.4. The quantitative estimate of drug-likeness (QED) is 0.168. The predicted octanol–water partition coefficient (Wildman–Crippen LogP) is 6.97. The highest BCUT2D eigenvalue weighted by Gasteiger charge is 2.24. The molecule has 3 aromatic carbocycles. The van der Waals surface area contributed by atoms with Crippen LogP contribution in [0.4, 0.5) is 5.69 Å². The van der Waals surface area contributed by atoms with Gasteiger partial charge in [-0.15, -0.1) is 0 Å². The Morgan fingerprint density at radius 3 is 2.14 bits per heavy atom. The third-order valence-corrected chi connectivity index (χ3v) is 7.62. The number of esters is 2. The van der Waals surface area contributed by atoms with E-state index >= 15 is 0 Å². The van der Waals surface area contributed by atoms with Crippen LogP contribution in [0.1, 0.15) is 62.9 Å². The maximum atomic E-state index is 12.5. The Morgan fingerprint density at radius 1 is 0.814 bits per heavy atom. The smallest absolute Gasteiger partial charge is 0.338 e. The molecule has 230 valence electrons. The van der Waals surface area contributed by atoms with Crippen LogP contribution in [0.15, 0.2) is 60.7 Å². The van der Waals surface area contributed by atoms with Crippen molar-refractivity contribution < 1.29 is 23.8 Å². The monoisotopic (exact) mass is 586 g/mol. The Morgan fingerprint density at radius 2 is 1.49 bits per heavy atom. The second-order valence-electron chi connectivity index (χ2n) is 12.4. The molecule has 0 unspecified atom stereocenters. The van der Waals surface area contributed by atoms with E-state index in [9.17, 15) is 9.59 Å². The largest absolute Gasteiger partial charge is 0.489 e. The summed E-state index contributed by atoms with van der Waals surface area (Å²) in [6.07, 6.45) is 3.24. The van der Waals surface area contributed by atoms with Gasteiger partial charge in [0.15, 0.2) is 0 Å². The lowest BCUT2D eigenvalue weighted by Gasteiger charge is -2.29. The van der Waals surface area contributed by atoms with Crippen molar-refractivity contribution in [3.05, 3.63) is 71.8 Å². The molecule has 0 atom stereocenters. The van der Waals surface area contributed by atoms with Crippen LogP contribution in [0.2, 0.25) is 0 Å². The first-order valence-corrected chi connectivity index (χ1v) is 15.3. The van der Waals surface area contributed by atoms with E-state index in [1.165, 1.54) is 31.0 Å². The van der Waals surface area contributed by atoms with E-state index in [1.54, 1.807) is 0 Å². The number of carbonyl (C=O) groups is 2. The first-order valence-electron chi connectivity index (χ1n) is 15.3. The van der Waals surface area contributed by atoms with E-state index in [4.69, 9.17) is 14.2 Å². The maximum Gasteiger partial charge on any atom is 0.338 e. The predicted molar refractivity (Wildman–Crippen MR) is 173 cm³/mol. The second kappa shape index (κ2) is 14.6. The van der Waals surface area contributed by atoms with Crippen molar-refractivity contribution in [1.82, 2.24) is 4.90 Å². The molecule has 1 heterocycles. The minimum Gasteiger partial charge on any atom is -0.489 e. The molecule has 7 nitrogen and oxygen atoms in total. The molecule has 0 spiro atoms. The average Bonchev–Trinajstić information content (AvgIpc) is 3.52. The molecule has 1 aliphatic rings. The minimum absolute atomic E-state index is 0.0429. The number of anilines is 1. The molecule has 1 aliphatic heterocycles. The molecule has 7 heteroatoms. The lowest BCUT2D eigenvalue weighted by atomic mass is 9.83. The average molecular weight is 587 g/mol. The number of ether oxygens (including phenoxy) is 3. The lowest BCUT2D eigenvalue weighted by molar-refractivity contribution is -0.141. The Labute approximate surface area is 256 Å². The van der Waals surface area contributed by atoms with Gasteiger partial charge in [0, 0.05) is 37.8 Å². The zero-order valence-corrected chi connectivity index (χ0v) is 26.6. The van der Waals surface area contributed by atoms with Gasteiger partial charge >= 0.3 is 11.9 Å². The van der Waals surface area contributed by atoms with Gasteiger partial charge in [-0.25, -0.2) is 4.79 Å². The third-order valence-electron chi connectivity index (χ3n) is 7.62. The molecule has 0 radical (unpaired) electrons. The summed E-state index contributed by atoms with van der Waals surface area (Å²) in [4.78, 5) is 28.4. The first-order chi connectivity index (χ1) is 20.5. The highest BCUT2D eigenvalue weighted by Crippen LogP contribution is 2.40. The first kappa shape index (κ1) is 32.1. The number of hydrogen-bond donors (Lipinski definition) is 0. The van der Waals surface area contributed by atoms with Crippen molar-refractivity contribution in [2.24, 2.45) is 0 Å². The van der Waals surface area contributed by atoms with Gasteiger partial charge in [-0.1, -0.05) is 45.0 Å². The molecule has 3 aromatic rings. The molecule has 0 amide bonds. The number of rotatable bonds is 12. The van der Waals surface area contributed by atoms with Gasteiger partial charge in [-0.3, -0.25) is 4.79 Å². The number of nitrogens with zero attached hydrogens (tertiary/aromatic N) is 2. The minimum atomic E-state index is -0.326. The van der Waals surface area contributed by atoms with Crippen molar-refractivity contribution in [2.45, 2.75) is 52.4 Å². The standard InChI is InChI=1S/C36H46N2O5/c1-26(39)41-22-23-42-34-17-15-29(27-10-12-28(13-11-27)35(40)43-21-9-18-37(5)6)24-31(34)30-14-16-33(38-19-7-8-20-38)32(25-30)36(2,3)4/h10-17,24-25H,7-9,18-23H2,1-6H3. The van der Waals surface area contributed by atoms with Crippen LogP contribution in [-0.2, 0) is 19.7 Å². The van der Waals surface area contributed by atoms with Gasteiger partial charge in [0.05, 0.1) is 12.2 Å². The van der Waals surface area contributed by atoms with Crippen LogP contribution in [-0.4, -0.2) is 70.4 Å². The summed E-state index contributed by atoms with van der Waals surface area (Å²) < 4.78 is 16.7. The van der Waals surface area contributed by atoms with E-state index < -0.39 is 0 Å². The number of carbonyl (C=O) groups excluding carboxylic acids is 2. The molecule has 0 bridgehead atoms. The van der Waals surface area contributed by atoms with E-state index in [2.05, 4.69) is 54.8 Å². The molecular weight excluding hydrogens is 540 g/mol. The van der Waals surface area contributed by atoms with Gasteiger partial charge in [0.1, 0.15) is 19.0 Å². The summed E-state index contributed by atoms with van der Waals surface area (Å²) in [7, 11) is 4.00. The fourth-order valence-corrected chi connectivity index (χ4v) is 5.36. The topological polar surface area (TPSA) is 68.3 Å². The van der Waals surface area contributed by atoms with E-state index in [0.29, 0.717) is 12.2 Å². The zero-order valence-electron chi connectivity index (χ0n) is 26.6. The van der Waals surface area contributed by atoms with Crippen molar-refractivity contribution >= 4 is 17.6 Å². The molecule has 43 heavy (non-hydrogen) atoms. The number of hydrogen-bond acceptors (Lipinski definition) is 7. The van der Waals surface area contributed by atoms with Crippen LogP contribution in [0.3, 0.4) is 0 Å². The Bertz CT molecular complexity index is 1390. The third kappa shape index (κ3) is 8.83. The van der Waals surface area contributed by atoms with Crippen molar-refractivity contribution in [2.75, 3.05) is 58.5 Å². The Hall–Kier alpha value is -3.84. The summed E-state index contributed by atoms with van der Waals surface area (Å²) in [5, 5.41) is 0. The lowest BCUT2D eigenvalue weighted by Crippen LogP contribution is -2.23. The van der Waals surface area contributed by atoms with Crippen molar-refractivity contribution in [1.29, 1.82) is 0 Å². The van der Waals surface area contributed by atoms with Crippen LogP contribution in [0.25, 0.3) is 22.3 Å². The fourth-order valence-electron chi connectivity index (χ4n) is 5.36. The van der Waals surface area contributed by atoms with E-state index in [0.717, 1.165) is 54.1 Å². The molecule has 1 saturated heterocycles. The summed E-state index contributed by atoms with van der Waals surface area (Å²) in [6.45, 7) is 12.1. The van der Waals surface area contributed by atoms with Crippen LogP contribution < -0.4 is 9.64 Å². The van der Waals surface area contributed by atoms with Gasteiger partial charge in [-0.05, 0) is 97.4 Å². The van der Waals surface area contributed by atoms with Crippen LogP contribution in [0.5, 0.6) is 5.75 Å². The van der Waals surface area contributed by atoms with E-state index in [1.807, 2.05) is 50.5 Å². The fraction of sp³-hybridized carbons (Fsp3) is 0.444. The van der Waals surface area contributed by atoms with Gasteiger partial charge < -0.3 is 24.0 Å². The molecule has 0 saturated carbocycles. The molecule has 0 aromatic heterocycles. The molecule has 4 rings (SSSR count). The van der Waals surface area contributed by atoms with Gasteiger partial charge in [-0.2, -0.15) is 0 Å². The molecule has 1 fully saturated rings. The molecule has 0 N–H and O–H groups in total. The normalized spacial score (nSPS) is 13.3. The SMILES string of the molecule is CC(=O)OCCOc1ccc(-c2ccc(C(=O)OCCCN(C)C)cc2)cc1-c1ccc(N2CCCC2)c(C(C)(C)C)c1. The summed E-state index contributed by atoms with van der Waals surface area (Å²) in [6, 6.07) is 20.4. The summed E-state index contributed by atoms with van der Waals surface area (Å²) >= 11 is 0. The highest BCUT2D eigenvalue weighted by atomic mass is 16.6. The summed E-state index contributed by atoms with van der Waals surface area (Å²) in [5.41, 5.74) is 7.11. The van der Waals surface area contributed by atoms with E-state index in [-0.39, 0.29) is 30.6 Å². The van der Waals surface area contributed by atoms with Crippen molar-refractivity contribution in [3.63, 3.8) is 0 Å². The maximum absolute atomic E-state index is 12.5. The number of benzene rings is 3. The molecular formula is C36H46N2O5. The van der Waals surface area contributed by atoms with Crippen molar-refractivity contribution in [3.8, 4) is 28.0 Å². The highest BCUT2D eigenvalue weighted by molar-refractivity contribution is 5.90. The van der Waals surface area contributed by atoms with Gasteiger partial charge in [0.2, 0.25) is 0 Å².